The minimum Gasteiger partial charge on any atom is -0.506 e. The quantitative estimate of drug-likeness (QED) is 0.839. The van der Waals surface area contributed by atoms with Crippen molar-refractivity contribution in [3.05, 3.63) is 40.7 Å². The summed E-state index contributed by atoms with van der Waals surface area (Å²) in [7, 11) is 0. The number of aromatic nitrogens is 2. The normalized spacial score (nSPS) is 18.1. The molecule has 3 N–H and O–H groups in total. The number of benzene rings is 1. The number of nitrogens with zero attached hydrogens (tertiary/aromatic N) is 2. The number of aryl methyl sites for hydroxylation is 1. The predicted octanol–water partition coefficient (Wildman–Crippen LogP) is 2.84. The molecule has 2 aromatic rings. The summed E-state index contributed by atoms with van der Waals surface area (Å²) >= 11 is 5.90. The molecule has 0 saturated carbocycles. The Hall–Kier alpha value is -1.65. The van der Waals surface area contributed by atoms with Crippen LogP contribution in [0.1, 0.15) is 30.1 Å². The monoisotopic (exact) mass is 275 g/mol. The van der Waals surface area contributed by atoms with E-state index in [0.29, 0.717) is 10.8 Å². The van der Waals surface area contributed by atoms with Crippen LogP contribution in [0.5, 0.6) is 5.75 Å². The number of hydrogen-bond donors (Lipinski definition) is 2. The fraction of sp³-hybridized carbons (Fsp3) is 0.286. The number of aromatic hydroxyl groups is 1. The van der Waals surface area contributed by atoms with Crippen LogP contribution in [0.15, 0.2) is 24.4 Å². The molecule has 0 saturated heterocycles. The highest BCUT2D eigenvalue weighted by molar-refractivity contribution is 6.32. The minimum absolute atomic E-state index is 0.0428. The Balaban J connectivity index is 2.04. The molecule has 1 atom stereocenters. The van der Waals surface area contributed by atoms with Crippen LogP contribution >= 0.6 is 11.6 Å². The van der Waals surface area contributed by atoms with Crippen LogP contribution in [0.2, 0.25) is 5.02 Å². The van der Waals surface area contributed by atoms with Crippen LogP contribution in [0.25, 0.3) is 11.4 Å². The first kappa shape index (κ1) is 12.4. The molecule has 1 unspecified atom stereocenters. The number of fused-ring (bicyclic) bond motifs is 1. The van der Waals surface area contributed by atoms with E-state index in [2.05, 4.69) is 9.97 Å². The molecule has 0 fully saturated rings. The molecule has 4 nitrogen and oxygen atoms in total. The second-order valence-corrected chi connectivity index (χ2v) is 5.17. The van der Waals surface area contributed by atoms with Crippen molar-refractivity contribution in [2.45, 2.75) is 25.3 Å². The molecule has 1 aliphatic carbocycles. The van der Waals surface area contributed by atoms with Crippen molar-refractivity contribution in [3.8, 4) is 17.1 Å². The molecule has 1 heterocycles. The van der Waals surface area contributed by atoms with Crippen LogP contribution in [0, 0.1) is 0 Å². The second kappa shape index (κ2) is 4.79. The number of rotatable bonds is 1. The van der Waals surface area contributed by atoms with Crippen molar-refractivity contribution in [1.82, 2.24) is 9.97 Å². The number of hydrogen-bond acceptors (Lipinski definition) is 4. The van der Waals surface area contributed by atoms with Gasteiger partial charge in [0.05, 0.1) is 5.02 Å². The van der Waals surface area contributed by atoms with Gasteiger partial charge >= 0.3 is 0 Å². The molecule has 1 aromatic heterocycles. The van der Waals surface area contributed by atoms with Crippen molar-refractivity contribution in [3.63, 3.8) is 0 Å². The highest BCUT2D eigenvalue weighted by Gasteiger charge is 2.19. The van der Waals surface area contributed by atoms with Gasteiger partial charge < -0.3 is 10.8 Å². The first-order valence-electron chi connectivity index (χ1n) is 6.25. The molecule has 98 valence electrons. The summed E-state index contributed by atoms with van der Waals surface area (Å²) in [5, 5.41) is 9.73. The lowest BCUT2D eigenvalue weighted by molar-refractivity contribution is 0.475. The standard InChI is InChI=1S/C14H14ClN3O/c15-10-6-8(4-5-13(10)19)14-17-7-9-11(16)2-1-3-12(9)18-14/h4-7,11,19H,1-3,16H2. The zero-order valence-corrected chi connectivity index (χ0v) is 11.1. The van der Waals surface area contributed by atoms with Gasteiger partial charge in [0.2, 0.25) is 0 Å². The average Bonchev–Trinajstić information content (AvgIpc) is 2.42. The molecule has 0 radical (unpaired) electrons. The Morgan fingerprint density at radius 2 is 2.21 bits per heavy atom. The van der Waals surface area contributed by atoms with E-state index in [0.717, 1.165) is 36.1 Å². The van der Waals surface area contributed by atoms with E-state index in [1.54, 1.807) is 18.2 Å². The van der Waals surface area contributed by atoms with E-state index in [-0.39, 0.29) is 11.8 Å². The maximum absolute atomic E-state index is 9.43. The Labute approximate surface area is 116 Å². The maximum atomic E-state index is 9.43. The summed E-state index contributed by atoms with van der Waals surface area (Å²) < 4.78 is 0. The van der Waals surface area contributed by atoms with Gasteiger partial charge in [0.1, 0.15) is 5.75 Å². The van der Waals surface area contributed by atoms with Gasteiger partial charge in [-0.2, -0.15) is 0 Å². The summed E-state index contributed by atoms with van der Waals surface area (Å²) in [6.07, 6.45) is 4.79. The minimum atomic E-state index is 0.0428. The van der Waals surface area contributed by atoms with Crippen LogP contribution < -0.4 is 5.73 Å². The Bertz CT molecular complexity index is 630. The summed E-state index contributed by atoms with van der Waals surface area (Å²) in [5.41, 5.74) is 8.90. The fourth-order valence-electron chi connectivity index (χ4n) is 2.37. The first-order chi connectivity index (χ1) is 9.15. The maximum Gasteiger partial charge on any atom is 0.159 e. The number of halogens is 1. The zero-order valence-electron chi connectivity index (χ0n) is 10.3. The summed E-state index contributed by atoms with van der Waals surface area (Å²) in [6, 6.07) is 5.01. The summed E-state index contributed by atoms with van der Waals surface area (Å²) in [4.78, 5) is 8.93. The third-order valence-corrected chi connectivity index (χ3v) is 3.74. The van der Waals surface area contributed by atoms with E-state index in [4.69, 9.17) is 17.3 Å². The van der Waals surface area contributed by atoms with Gasteiger partial charge in [-0.3, -0.25) is 0 Å². The summed E-state index contributed by atoms with van der Waals surface area (Å²) in [6.45, 7) is 0. The van der Waals surface area contributed by atoms with E-state index in [1.807, 2.05) is 6.20 Å². The van der Waals surface area contributed by atoms with Crippen LogP contribution in [-0.4, -0.2) is 15.1 Å². The Morgan fingerprint density at radius 1 is 1.37 bits per heavy atom. The molecule has 1 aromatic carbocycles. The average molecular weight is 276 g/mol. The third kappa shape index (κ3) is 2.29. The van der Waals surface area contributed by atoms with Gasteiger partial charge in [-0.05, 0) is 37.5 Å². The van der Waals surface area contributed by atoms with Crippen molar-refractivity contribution in [2.75, 3.05) is 0 Å². The van der Waals surface area contributed by atoms with Gasteiger partial charge in [-0.25, -0.2) is 9.97 Å². The Kier molecular flexibility index (Phi) is 3.12. The largest absolute Gasteiger partial charge is 0.506 e. The SMILES string of the molecule is NC1CCCc2nc(-c3ccc(O)c(Cl)c3)ncc21. The van der Waals surface area contributed by atoms with Crippen molar-refractivity contribution in [1.29, 1.82) is 0 Å². The molecule has 1 aliphatic rings. The molecular formula is C14H14ClN3O. The zero-order chi connectivity index (χ0) is 13.4. The molecule has 3 rings (SSSR count). The van der Waals surface area contributed by atoms with Gasteiger partial charge in [0.15, 0.2) is 5.82 Å². The van der Waals surface area contributed by atoms with Crippen molar-refractivity contribution >= 4 is 11.6 Å². The summed E-state index contributed by atoms with van der Waals surface area (Å²) in [5.74, 6) is 0.681. The van der Waals surface area contributed by atoms with Crippen LogP contribution in [-0.2, 0) is 6.42 Å². The smallest absolute Gasteiger partial charge is 0.159 e. The van der Waals surface area contributed by atoms with Crippen LogP contribution in [0.4, 0.5) is 0 Å². The Morgan fingerprint density at radius 3 is 3.00 bits per heavy atom. The number of phenolic OH excluding ortho intramolecular Hbond substituents is 1. The van der Waals surface area contributed by atoms with Crippen molar-refractivity contribution < 1.29 is 5.11 Å². The fourth-order valence-corrected chi connectivity index (χ4v) is 2.55. The molecule has 19 heavy (non-hydrogen) atoms. The molecule has 5 heteroatoms. The third-order valence-electron chi connectivity index (χ3n) is 3.43. The van der Waals surface area contributed by atoms with Gasteiger partial charge in [-0.15, -0.1) is 0 Å². The molecule has 0 aliphatic heterocycles. The molecule has 0 amide bonds. The number of nitrogens with two attached hydrogens (primary N) is 1. The second-order valence-electron chi connectivity index (χ2n) is 4.76. The lowest BCUT2D eigenvalue weighted by Gasteiger charge is -2.21. The highest BCUT2D eigenvalue weighted by Crippen LogP contribution is 2.30. The van der Waals surface area contributed by atoms with Gasteiger partial charge in [0, 0.05) is 29.1 Å². The molecule has 0 spiro atoms. The lowest BCUT2D eigenvalue weighted by Crippen LogP contribution is -2.19. The highest BCUT2D eigenvalue weighted by atomic mass is 35.5. The van der Waals surface area contributed by atoms with Gasteiger partial charge in [-0.1, -0.05) is 11.6 Å². The predicted molar refractivity (Wildman–Crippen MR) is 74.0 cm³/mol. The van der Waals surface area contributed by atoms with E-state index in [1.165, 1.54) is 0 Å². The molecular weight excluding hydrogens is 262 g/mol. The van der Waals surface area contributed by atoms with Crippen molar-refractivity contribution in [2.24, 2.45) is 5.73 Å². The van der Waals surface area contributed by atoms with E-state index in [9.17, 15) is 5.11 Å². The number of phenols is 1. The van der Waals surface area contributed by atoms with E-state index < -0.39 is 0 Å². The van der Waals surface area contributed by atoms with Crippen LogP contribution in [0.3, 0.4) is 0 Å². The van der Waals surface area contributed by atoms with E-state index >= 15 is 0 Å². The topological polar surface area (TPSA) is 72.0 Å². The van der Waals surface area contributed by atoms with Gasteiger partial charge in [0.25, 0.3) is 0 Å². The lowest BCUT2D eigenvalue weighted by atomic mass is 9.93. The molecule has 0 bridgehead atoms. The first-order valence-corrected chi connectivity index (χ1v) is 6.63.